The van der Waals surface area contributed by atoms with Gasteiger partial charge in [0.25, 0.3) is 0 Å². The lowest BCUT2D eigenvalue weighted by Gasteiger charge is -2.07. The van der Waals surface area contributed by atoms with E-state index >= 15 is 0 Å². The monoisotopic (exact) mass is 239 g/mol. The Morgan fingerprint density at radius 3 is 2.24 bits per heavy atom. The molecule has 0 amide bonds. The van der Waals surface area contributed by atoms with E-state index in [9.17, 15) is 13.2 Å². The average molecular weight is 239 g/mol. The molecule has 0 saturated heterocycles. The van der Waals surface area contributed by atoms with Crippen LogP contribution in [-0.4, -0.2) is 11.9 Å². The molecule has 1 aromatic carbocycles. The normalized spacial score (nSPS) is 12.8. The Bertz CT molecular complexity index is 500. The van der Waals surface area contributed by atoms with E-state index in [-0.39, 0.29) is 11.4 Å². The summed E-state index contributed by atoms with van der Waals surface area (Å²) in [6.45, 7) is 0. The van der Waals surface area contributed by atoms with Crippen molar-refractivity contribution in [1.82, 2.24) is 0 Å². The molecule has 0 fully saturated rings. The van der Waals surface area contributed by atoms with Crippen LogP contribution >= 0.6 is 0 Å². The molecule has 1 aromatic heterocycles. The molecule has 0 aliphatic rings. The van der Waals surface area contributed by atoms with Gasteiger partial charge in [0.2, 0.25) is 0 Å². The minimum Gasteiger partial charge on any atom is -0.463 e. The molecule has 0 spiro atoms. The Labute approximate surface area is 95.4 Å². The SMILES string of the molecule is FC(F)(F)C(=Nc1ccccc1)c1ccco1. The summed E-state index contributed by atoms with van der Waals surface area (Å²) in [5.41, 5.74) is -0.801. The molecule has 17 heavy (non-hydrogen) atoms. The number of furan rings is 1. The number of benzene rings is 1. The van der Waals surface area contributed by atoms with E-state index in [1.165, 1.54) is 30.5 Å². The van der Waals surface area contributed by atoms with E-state index in [1.54, 1.807) is 18.2 Å². The third-order valence-electron chi connectivity index (χ3n) is 2.02. The number of aliphatic imine (C=N–C) groups is 1. The molecular formula is C12H8F3NO. The Kier molecular flexibility index (Phi) is 2.99. The minimum absolute atomic E-state index is 0.233. The van der Waals surface area contributed by atoms with Crippen LogP contribution < -0.4 is 0 Å². The van der Waals surface area contributed by atoms with Crippen molar-refractivity contribution >= 4 is 11.4 Å². The van der Waals surface area contributed by atoms with Crippen molar-refractivity contribution in [3.63, 3.8) is 0 Å². The van der Waals surface area contributed by atoms with E-state index in [2.05, 4.69) is 4.99 Å². The summed E-state index contributed by atoms with van der Waals surface area (Å²) in [5, 5.41) is 0. The van der Waals surface area contributed by atoms with Crippen molar-refractivity contribution in [2.75, 3.05) is 0 Å². The lowest BCUT2D eigenvalue weighted by Crippen LogP contribution is -2.23. The van der Waals surface area contributed by atoms with Gasteiger partial charge in [0.1, 0.15) is 0 Å². The standard InChI is InChI=1S/C12H8F3NO/c13-12(14,15)11(10-7-4-8-17-10)16-9-5-2-1-3-6-9/h1-8H. The van der Waals surface area contributed by atoms with Crippen LogP contribution in [-0.2, 0) is 0 Å². The van der Waals surface area contributed by atoms with Crippen LogP contribution in [0.1, 0.15) is 5.76 Å². The minimum atomic E-state index is -4.55. The highest BCUT2D eigenvalue weighted by Gasteiger charge is 2.38. The fourth-order valence-corrected chi connectivity index (χ4v) is 1.30. The second kappa shape index (κ2) is 4.45. The van der Waals surface area contributed by atoms with Crippen LogP contribution in [0.2, 0.25) is 0 Å². The molecule has 1 heterocycles. The van der Waals surface area contributed by atoms with Crippen molar-refractivity contribution in [2.24, 2.45) is 4.99 Å². The van der Waals surface area contributed by atoms with Gasteiger partial charge in [-0.25, -0.2) is 4.99 Å². The number of hydrogen-bond acceptors (Lipinski definition) is 2. The van der Waals surface area contributed by atoms with Crippen molar-refractivity contribution in [3.05, 3.63) is 54.5 Å². The molecule has 2 aromatic rings. The molecule has 0 aliphatic carbocycles. The molecule has 0 unspecified atom stereocenters. The third kappa shape index (κ3) is 2.75. The molecule has 0 aliphatic heterocycles. The lowest BCUT2D eigenvalue weighted by atomic mass is 10.2. The first kappa shape index (κ1) is 11.4. The van der Waals surface area contributed by atoms with Crippen molar-refractivity contribution in [2.45, 2.75) is 6.18 Å². The summed E-state index contributed by atoms with van der Waals surface area (Å²) < 4.78 is 43.1. The molecule has 0 saturated carbocycles. The van der Waals surface area contributed by atoms with E-state index < -0.39 is 11.9 Å². The summed E-state index contributed by atoms with van der Waals surface area (Å²) in [6, 6.07) is 10.6. The van der Waals surface area contributed by atoms with Gasteiger partial charge in [-0.3, -0.25) is 0 Å². The average Bonchev–Trinajstić information content (AvgIpc) is 2.79. The van der Waals surface area contributed by atoms with Gasteiger partial charge < -0.3 is 4.42 Å². The van der Waals surface area contributed by atoms with Crippen molar-refractivity contribution < 1.29 is 17.6 Å². The quantitative estimate of drug-likeness (QED) is 0.728. The first-order valence-electron chi connectivity index (χ1n) is 4.82. The maximum Gasteiger partial charge on any atom is 0.437 e. The Hall–Kier alpha value is -2.04. The largest absolute Gasteiger partial charge is 0.463 e. The number of nitrogens with zero attached hydrogens (tertiary/aromatic N) is 1. The van der Waals surface area contributed by atoms with E-state index in [4.69, 9.17) is 4.42 Å². The highest BCUT2D eigenvalue weighted by Crippen LogP contribution is 2.26. The smallest absolute Gasteiger partial charge is 0.437 e. The van der Waals surface area contributed by atoms with E-state index in [1.807, 2.05) is 0 Å². The van der Waals surface area contributed by atoms with Gasteiger partial charge >= 0.3 is 6.18 Å². The second-order valence-corrected chi connectivity index (χ2v) is 3.27. The molecule has 0 N–H and O–H groups in total. The van der Waals surface area contributed by atoms with E-state index in [0.717, 1.165) is 0 Å². The first-order chi connectivity index (χ1) is 8.07. The molecule has 88 valence electrons. The molecule has 2 rings (SSSR count). The number of para-hydroxylation sites is 1. The molecular weight excluding hydrogens is 231 g/mol. The number of halogens is 3. The highest BCUT2D eigenvalue weighted by molar-refractivity contribution is 6.03. The van der Waals surface area contributed by atoms with Crippen LogP contribution in [0.15, 0.2) is 58.1 Å². The van der Waals surface area contributed by atoms with Gasteiger partial charge in [-0.15, -0.1) is 0 Å². The fourth-order valence-electron chi connectivity index (χ4n) is 1.30. The topological polar surface area (TPSA) is 25.5 Å². The number of alkyl halides is 3. The summed E-state index contributed by atoms with van der Waals surface area (Å²) in [6.07, 6.45) is -3.37. The van der Waals surface area contributed by atoms with Crippen LogP contribution in [0.3, 0.4) is 0 Å². The highest BCUT2D eigenvalue weighted by atomic mass is 19.4. The van der Waals surface area contributed by atoms with Gasteiger partial charge in [0.15, 0.2) is 11.5 Å². The molecule has 5 heteroatoms. The van der Waals surface area contributed by atoms with Crippen LogP contribution in [0.25, 0.3) is 0 Å². The second-order valence-electron chi connectivity index (χ2n) is 3.27. The third-order valence-corrected chi connectivity index (χ3v) is 2.02. The Morgan fingerprint density at radius 1 is 1.00 bits per heavy atom. The van der Waals surface area contributed by atoms with Crippen molar-refractivity contribution in [1.29, 1.82) is 0 Å². The summed E-state index contributed by atoms with van der Waals surface area (Å²) >= 11 is 0. The number of hydrogen-bond donors (Lipinski definition) is 0. The summed E-state index contributed by atoms with van der Waals surface area (Å²) in [5.74, 6) is -0.290. The van der Waals surface area contributed by atoms with Crippen molar-refractivity contribution in [3.8, 4) is 0 Å². The maximum absolute atomic E-state index is 12.8. The summed E-state index contributed by atoms with van der Waals surface area (Å²) in [7, 11) is 0. The van der Waals surface area contributed by atoms with Gasteiger partial charge in [0, 0.05) is 0 Å². The van der Waals surface area contributed by atoms with Gasteiger partial charge in [-0.2, -0.15) is 13.2 Å². The predicted octanol–water partition coefficient (Wildman–Crippen LogP) is 3.96. The van der Waals surface area contributed by atoms with E-state index in [0.29, 0.717) is 0 Å². The zero-order chi connectivity index (χ0) is 12.3. The first-order valence-corrected chi connectivity index (χ1v) is 4.82. The zero-order valence-electron chi connectivity index (χ0n) is 8.61. The molecule has 0 atom stereocenters. The Morgan fingerprint density at radius 2 is 1.71 bits per heavy atom. The van der Waals surface area contributed by atoms with Crippen LogP contribution in [0.4, 0.5) is 18.9 Å². The lowest BCUT2D eigenvalue weighted by molar-refractivity contribution is -0.0588. The molecule has 0 bridgehead atoms. The van der Waals surface area contributed by atoms with Gasteiger partial charge in [0.05, 0.1) is 12.0 Å². The molecule has 0 radical (unpaired) electrons. The number of rotatable bonds is 2. The fraction of sp³-hybridized carbons (Fsp3) is 0.0833. The van der Waals surface area contributed by atoms with Gasteiger partial charge in [-0.05, 0) is 24.3 Å². The maximum atomic E-state index is 12.8. The summed E-state index contributed by atoms with van der Waals surface area (Å²) in [4.78, 5) is 3.57. The predicted molar refractivity (Wildman–Crippen MR) is 57.4 cm³/mol. The van der Waals surface area contributed by atoms with Crippen LogP contribution in [0, 0.1) is 0 Å². The van der Waals surface area contributed by atoms with Crippen LogP contribution in [0.5, 0.6) is 0 Å². The van der Waals surface area contributed by atoms with Gasteiger partial charge in [-0.1, -0.05) is 18.2 Å². The Balaban J connectivity index is 2.46. The molecule has 2 nitrogen and oxygen atoms in total. The zero-order valence-corrected chi connectivity index (χ0v) is 8.61.